The van der Waals surface area contributed by atoms with Crippen LogP contribution in [0.3, 0.4) is 0 Å². The average Bonchev–Trinajstić information content (AvgIpc) is 2.40. The van der Waals surface area contributed by atoms with Crippen molar-refractivity contribution in [1.82, 2.24) is 14.2 Å². The van der Waals surface area contributed by atoms with Crippen molar-refractivity contribution in [3.8, 4) is 0 Å². The highest BCUT2D eigenvalue weighted by molar-refractivity contribution is 7.89. The zero-order valence-corrected chi connectivity index (χ0v) is 12.7. The van der Waals surface area contributed by atoms with Gasteiger partial charge < -0.3 is 10.6 Å². The third-order valence-corrected chi connectivity index (χ3v) is 4.81. The molecular formula is C12H20N4O3S. The monoisotopic (exact) mass is 300 g/mol. The Bertz CT molecular complexity index is 570. The molecule has 0 radical (unpaired) electrons. The first-order chi connectivity index (χ1) is 9.34. The number of hydrogen-bond acceptors (Lipinski definition) is 5. The molecule has 0 saturated heterocycles. The van der Waals surface area contributed by atoms with Gasteiger partial charge in [-0.1, -0.05) is 0 Å². The molecule has 0 spiro atoms. The molecule has 1 amide bonds. The first-order valence-corrected chi connectivity index (χ1v) is 7.73. The molecule has 8 heteroatoms. The number of likely N-dealkylation sites (N-methyl/N-ethyl adjacent to an activating group) is 2. The van der Waals surface area contributed by atoms with E-state index in [1.54, 1.807) is 4.90 Å². The quantitative estimate of drug-likeness (QED) is 0.807. The summed E-state index contributed by atoms with van der Waals surface area (Å²) >= 11 is 0. The summed E-state index contributed by atoms with van der Waals surface area (Å²) in [5.74, 6) is -0.321. The number of amides is 1. The first-order valence-electron chi connectivity index (χ1n) is 6.29. The molecule has 1 aromatic heterocycles. The Hall–Kier alpha value is -1.67. The molecule has 2 N–H and O–H groups in total. The minimum atomic E-state index is -3.82. The second-order valence-corrected chi connectivity index (χ2v) is 6.23. The summed E-state index contributed by atoms with van der Waals surface area (Å²) in [4.78, 5) is 17.2. The van der Waals surface area contributed by atoms with Crippen molar-refractivity contribution >= 4 is 21.7 Å². The molecule has 7 nitrogen and oxygen atoms in total. The topological polar surface area (TPSA) is 96.6 Å². The maximum atomic E-state index is 12.3. The predicted molar refractivity (Wildman–Crippen MR) is 76.4 cm³/mol. The van der Waals surface area contributed by atoms with E-state index in [1.807, 2.05) is 13.8 Å². The van der Waals surface area contributed by atoms with Crippen molar-refractivity contribution in [2.24, 2.45) is 0 Å². The Kier molecular flexibility index (Phi) is 5.46. The summed E-state index contributed by atoms with van der Waals surface area (Å²) in [5, 5.41) is 0. The van der Waals surface area contributed by atoms with Crippen LogP contribution in [0.25, 0.3) is 0 Å². The van der Waals surface area contributed by atoms with Crippen molar-refractivity contribution in [1.29, 1.82) is 0 Å². The number of nitrogen functional groups attached to an aromatic ring is 1. The zero-order chi connectivity index (χ0) is 15.3. The number of anilines is 1. The normalized spacial score (nSPS) is 11.6. The Morgan fingerprint density at radius 3 is 2.45 bits per heavy atom. The lowest BCUT2D eigenvalue weighted by Gasteiger charge is -2.23. The van der Waals surface area contributed by atoms with Crippen LogP contribution in [0.1, 0.15) is 13.8 Å². The van der Waals surface area contributed by atoms with Crippen molar-refractivity contribution in [3.05, 3.63) is 18.3 Å². The molecule has 1 aromatic rings. The molecule has 20 heavy (non-hydrogen) atoms. The summed E-state index contributed by atoms with van der Waals surface area (Å²) in [7, 11) is -2.47. The second-order valence-electron chi connectivity index (χ2n) is 4.21. The van der Waals surface area contributed by atoms with E-state index < -0.39 is 10.0 Å². The Morgan fingerprint density at radius 2 is 1.95 bits per heavy atom. The summed E-state index contributed by atoms with van der Waals surface area (Å²) in [6, 6.07) is 2.86. The van der Waals surface area contributed by atoms with Crippen LogP contribution >= 0.6 is 0 Å². The van der Waals surface area contributed by atoms with E-state index in [2.05, 4.69) is 4.98 Å². The lowest BCUT2D eigenvalue weighted by atomic mass is 10.4. The molecule has 0 saturated carbocycles. The number of sulfonamides is 1. The molecule has 0 unspecified atom stereocenters. The van der Waals surface area contributed by atoms with E-state index in [4.69, 9.17) is 5.73 Å². The Morgan fingerprint density at radius 1 is 1.35 bits per heavy atom. The van der Waals surface area contributed by atoms with Gasteiger partial charge in [-0.25, -0.2) is 13.4 Å². The molecule has 0 aromatic carbocycles. The predicted octanol–water partition coefficient (Wildman–Crippen LogP) is 0.153. The van der Waals surface area contributed by atoms with Gasteiger partial charge in [-0.2, -0.15) is 4.31 Å². The fourth-order valence-corrected chi connectivity index (χ4v) is 2.92. The Labute approximate surface area is 119 Å². The van der Waals surface area contributed by atoms with Gasteiger partial charge in [-0.05, 0) is 26.0 Å². The van der Waals surface area contributed by atoms with Gasteiger partial charge in [-0.15, -0.1) is 0 Å². The number of hydrogen-bond donors (Lipinski definition) is 1. The SMILES string of the molecule is CCN(CC)C(=O)CN(C)S(=O)(=O)c1cccnc1N. The van der Waals surface area contributed by atoms with Crippen molar-refractivity contribution in [3.63, 3.8) is 0 Å². The number of rotatable bonds is 6. The minimum Gasteiger partial charge on any atom is -0.383 e. The Balaban J connectivity index is 2.94. The van der Waals surface area contributed by atoms with E-state index in [0.29, 0.717) is 13.1 Å². The van der Waals surface area contributed by atoms with Gasteiger partial charge in [0.1, 0.15) is 10.7 Å². The van der Waals surface area contributed by atoms with Gasteiger partial charge >= 0.3 is 0 Å². The summed E-state index contributed by atoms with van der Waals surface area (Å²) < 4.78 is 25.6. The number of aromatic nitrogens is 1. The fourth-order valence-electron chi connectivity index (χ4n) is 1.74. The molecule has 0 aliphatic carbocycles. The molecule has 112 valence electrons. The van der Waals surface area contributed by atoms with Crippen molar-refractivity contribution < 1.29 is 13.2 Å². The van der Waals surface area contributed by atoms with E-state index in [9.17, 15) is 13.2 Å². The van der Waals surface area contributed by atoms with Gasteiger partial charge in [0.15, 0.2) is 0 Å². The van der Waals surface area contributed by atoms with E-state index in [1.165, 1.54) is 25.4 Å². The van der Waals surface area contributed by atoms with Gasteiger partial charge in [0.2, 0.25) is 15.9 Å². The highest BCUT2D eigenvalue weighted by atomic mass is 32.2. The van der Waals surface area contributed by atoms with Crippen LogP contribution in [0.2, 0.25) is 0 Å². The lowest BCUT2D eigenvalue weighted by molar-refractivity contribution is -0.130. The molecule has 0 fully saturated rings. The van der Waals surface area contributed by atoms with Gasteiger partial charge in [-0.3, -0.25) is 4.79 Å². The van der Waals surface area contributed by atoms with E-state index in [-0.39, 0.29) is 23.2 Å². The van der Waals surface area contributed by atoms with Crippen LogP contribution < -0.4 is 5.73 Å². The zero-order valence-electron chi connectivity index (χ0n) is 11.9. The van der Waals surface area contributed by atoms with E-state index >= 15 is 0 Å². The standard InChI is InChI=1S/C12H20N4O3S/c1-4-16(5-2)11(17)9-15(3)20(18,19)10-7-6-8-14-12(10)13/h6-8H,4-5,9H2,1-3H3,(H2,13,14). The van der Waals surface area contributed by atoms with Crippen LogP contribution in [-0.2, 0) is 14.8 Å². The van der Waals surface area contributed by atoms with Gasteiger partial charge in [0.05, 0.1) is 6.54 Å². The molecular weight excluding hydrogens is 280 g/mol. The van der Waals surface area contributed by atoms with Crippen LogP contribution in [0.5, 0.6) is 0 Å². The molecule has 0 atom stereocenters. The highest BCUT2D eigenvalue weighted by Gasteiger charge is 2.26. The first kappa shape index (κ1) is 16.4. The third kappa shape index (κ3) is 3.45. The molecule has 0 bridgehead atoms. The summed E-state index contributed by atoms with van der Waals surface area (Å²) in [6.07, 6.45) is 1.41. The maximum Gasteiger partial charge on any atom is 0.246 e. The molecule has 1 rings (SSSR count). The largest absolute Gasteiger partial charge is 0.383 e. The summed E-state index contributed by atoms with van der Waals surface area (Å²) in [5.41, 5.74) is 5.58. The van der Waals surface area contributed by atoms with Crippen LogP contribution in [-0.4, -0.2) is 55.2 Å². The van der Waals surface area contributed by atoms with Crippen LogP contribution in [0.15, 0.2) is 23.2 Å². The van der Waals surface area contributed by atoms with Crippen LogP contribution in [0.4, 0.5) is 5.82 Å². The third-order valence-electron chi connectivity index (χ3n) is 2.96. The fraction of sp³-hybridized carbons (Fsp3) is 0.500. The summed E-state index contributed by atoms with van der Waals surface area (Å²) in [6.45, 7) is 4.54. The van der Waals surface area contributed by atoms with Gasteiger partial charge in [0.25, 0.3) is 0 Å². The number of carbonyl (C=O) groups is 1. The smallest absolute Gasteiger partial charge is 0.246 e. The number of nitrogens with zero attached hydrogens (tertiary/aromatic N) is 3. The average molecular weight is 300 g/mol. The molecule has 1 heterocycles. The number of pyridine rings is 1. The second kappa shape index (κ2) is 6.67. The van der Waals surface area contributed by atoms with Crippen LogP contribution in [0, 0.1) is 0 Å². The minimum absolute atomic E-state index is 0.0744. The van der Waals surface area contributed by atoms with Crippen molar-refractivity contribution in [2.45, 2.75) is 18.7 Å². The number of nitrogens with two attached hydrogens (primary N) is 1. The van der Waals surface area contributed by atoms with Crippen molar-refractivity contribution in [2.75, 3.05) is 32.4 Å². The van der Waals surface area contributed by atoms with E-state index in [0.717, 1.165) is 4.31 Å². The molecule has 0 aliphatic rings. The van der Waals surface area contributed by atoms with Gasteiger partial charge in [0, 0.05) is 26.3 Å². The number of carbonyl (C=O) groups excluding carboxylic acids is 1. The highest BCUT2D eigenvalue weighted by Crippen LogP contribution is 2.18. The maximum absolute atomic E-state index is 12.3. The lowest BCUT2D eigenvalue weighted by Crippen LogP contribution is -2.41. The molecule has 0 aliphatic heterocycles.